The number of hydrogen-bond donors (Lipinski definition) is 1. The number of benzene rings is 2. The van der Waals surface area contributed by atoms with Gasteiger partial charge in [-0.3, -0.25) is 4.79 Å². The van der Waals surface area contributed by atoms with Crippen molar-refractivity contribution < 1.29 is 13.9 Å². The number of hydrogen-bond acceptors (Lipinski definition) is 5. The van der Waals surface area contributed by atoms with E-state index >= 15 is 0 Å². The number of methoxy groups -OCH3 is 1. The number of ketones is 1. The molecule has 0 radical (unpaired) electrons. The Bertz CT molecular complexity index is 1270. The van der Waals surface area contributed by atoms with Crippen LogP contribution in [0.25, 0.3) is 5.57 Å². The SMILES string of the molecule is CCCN(C)C.CO/C(C)=C/C=C\C(C)=N\C(C(C)=O)=C(/C)c1ccc(F)c(C)c1.Cc1ccc(C(C)CCN)cc1C. The van der Waals surface area contributed by atoms with Crippen molar-refractivity contribution in [2.75, 3.05) is 34.3 Å². The maximum Gasteiger partial charge on any atom is 0.178 e. The molecule has 1 unspecified atom stereocenters. The van der Waals surface area contributed by atoms with Gasteiger partial charge in [0.25, 0.3) is 0 Å². The summed E-state index contributed by atoms with van der Waals surface area (Å²) < 4.78 is 18.5. The Kier molecular flexibility index (Phi) is 19.7. The van der Waals surface area contributed by atoms with Gasteiger partial charge in [0.2, 0.25) is 0 Å². The van der Waals surface area contributed by atoms with Crippen molar-refractivity contribution in [3.8, 4) is 0 Å². The summed E-state index contributed by atoms with van der Waals surface area (Å²) in [7, 11) is 5.78. The summed E-state index contributed by atoms with van der Waals surface area (Å²) >= 11 is 0. The maximum absolute atomic E-state index is 13.4. The van der Waals surface area contributed by atoms with Crippen LogP contribution in [-0.4, -0.2) is 50.7 Å². The van der Waals surface area contributed by atoms with E-state index in [0.29, 0.717) is 22.9 Å². The number of halogens is 1. The zero-order chi connectivity index (χ0) is 33.1. The lowest BCUT2D eigenvalue weighted by molar-refractivity contribution is -0.113. The van der Waals surface area contributed by atoms with E-state index in [1.165, 1.54) is 42.6 Å². The minimum atomic E-state index is -0.265. The van der Waals surface area contributed by atoms with E-state index in [4.69, 9.17) is 10.5 Å². The first-order valence-electron chi connectivity index (χ1n) is 15.0. The lowest BCUT2D eigenvalue weighted by atomic mass is 9.95. The van der Waals surface area contributed by atoms with Crippen LogP contribution in [0.1, 0.15) is 88.1 Å². The summed E-state index contributed by atoms with van der Waals surface area (Å²) in [6.45, 7) is 19.4. The summed E-state index contributed by atoms with van der Waals surface area (Å²) in [6, 6.07) is 11.5. The Morgan fingerprint density at radius 3 is 2.14 bits per heavy atom. The molecule has 0 heterocycles. The van der Waals surface area contributed by atoms with Gasteiger partial charge in [-0.25, -0.2) is 9.38 Å². The van der Waals surface area contributed by atoms with Crippen molar-refractivity contribution >= 4 is 17.1 Å². The van der Waals surface area contributed by atoms with Gasteiger partial charge >= 0.3 is 0 Å². The normalized spacial score (nSPS) is 13.1. The van der Waals surface area contributed by atoms with Gasteiger partial charge in [0.05, 0.1) is 12.9 Å². The zero-order valence-corrected chi connectivity index (χ0v) is 28.8. The van der Waals surface area contributed by atoms with Crippen molar-refractivity contribution in [1.82, 2.24) is 4.90 Å². The highest BCUT2D eigenvalue weighted by Crippen LogP contribution is 2.23. The molecule has 0 aliphatic carbocycles. The van der Waals surface area contributed by atoms with Crippen LogP contribution in [0.15, 0.2) is 71.1 Å². The van der Waals surface area contributed by atoms with Crippen LogP contribution in [0.5, 0.6) is 0 Å². The second-order valence-corrected chi connectivity index (χ2v) is 11.2. The topological polar surface area (TPSA) is 67.9 Å². The lowest BCUT2D eigenvalue weighted by Gasteiger charge is -2.12. The third kappa shape index (κ3) is 16.2. The summed E-state index contributed by atoms with van der Waals surface area (Å²) in [5.41, 5.74) is 12.8. The largest absolute Gasteiger partial charge is 0.501 e. The van der Waals surface area contributed by atoms with Crippen LogP contribution in [0.3, 0.4) is 0 Å². The second-order valence-electron chi connectivity index (χ2n) is 11.2. The molecular weight excluding hydrogens is 537 g/mol. The molecule has 1 atom stereocenters. The number of nitrogens with zero attached hydrogens (tertiary/aromatic N) is 2. The number of aryl methyl sites for hydroxylation is 3. The standard InChI is InChI=1S/C20H24FNO2.C12H19N.C5H13N/c1-13-12-18(10-11-19(13)21)16(4)20(17(5)23)22-14(2)8-7-9-15(3)24-6;1-9-4-5-12(8-11(9)3)10(2)6-7-13;1-4-5-6(2)3/h7-12H,1-6H3;4-5,8,10H,6-7,13H2,1-3H3;4-5H2,1-3H3/b8-7-,15-9+,20-16+,22-14+;;. The van der Waals surface area contributed by atoms with E-state index < -0.39 is 0 Å². The number of nitrogens with two attached hydrogens (primary N) is 1. The lowest BCUT2D eigenvalue weighted by Crippen LogP contribution is -2.11. The van der Waals surface area contributed by atoms with Gasteiger partial charge in [0.15, 0.2) is 5.78 Å². The molecule has 0 aromatic heterocycles. The average molecular weight is 594 g/mol. The number of allylic oxidation sites excluding steroid dienone is 6. The Balaban J connectivity index is 0.000000769. The van der Waals surface area contributed by atoms with Crippen molar-refractivity contribution in [2.24, 2.45) is 10.7 Å². The minimum Gasteiger partial charge on any atom is -0.501 e. The number of aliphatic imine (C=N–C) groups is 1. The molecule has 5 nitrogen and oxygen atoms in total. The number of carbonyl (C=O) groups excluding carboxylic acids is 1. The van der Waals surface area contributed by atoms with Gasteiger partial charge in [-0.1, -0.05) is 44.2 Å². The smallest absolute Gasteiger partial charge is 0.178 e. The van der Waals surface area contributed by atoms with Gasteiger partial charge in [-0.05, 0) is 145 Å². The molecule has 238 valence electrons. The molecule has 2 rings (SSSR count). The van der Waals surface area contributed by atoms with Gasteiger partial charge < -0.3 is 15.4 Å². The van der Waals surface area contributed by atoms with Crippen molar-refractivity contribution in [2.45, 2.75) is 81.1 Å². The Morgan fingerprint density at radius 2 is 1.67 bits per heavy atom. The van der Waals surface area contributed by atoms with Crippen LogP contribution < -0.4 is 5.73 Å². The van der Waals surface area contributed by atoms with Crippen LogP contribution in [0, 0.1) is 26.6 Å². The fraction of sp³-hybridized carbons (Fsp3) is 0.459. The van der Waals surface area contributed by atoms with Crippen LogP contribution in [0.2, 0.25) is 0 Å². The van der Waals surface area contributed by atoms with Crippen molar-refractivity contribution in [1.29, 1.82) is 0 Å². The number of Topliss-reactive ketones (excluding diaryl/α,β-unsaturated/α-hetero) is 1. The molecule has 0 spiro atoms. The van der Waals surface area contributed by atoms with Crippen molar-refractivity contribution in [3.63, 3.8) is 0 Å². The highest BCUT2D eigenvalue weighted by molar-refractivity contribution is 6.05. The summed E-state index contributed by atoms with van der Waals surface area (Å²) in [5.74, 6) is 0.966. The summed E-state index contributed by atoms with van der Waals surface area (Å²) in [5, 5.41) is 0. The Morgan fingerprint density at radius 1 is 1.02 bits per heavy atom. The first kappa shape index (κ1) is 39.6. The Labute approximate surface area is 261 Å². The molecule has 0 saturated heterocycles. The second kappa shape index (κ2) is 21.4. The maximum atomic E-state index is 13.4. The molecule has 0 aliphatic rings. The molecule has 2 N–H and O–H groups in total. The molecule has 0 bridgehead atoms. The van der Waals surface area contributed by atoms with Crippen molar-refractivity contribution in [3.05, 3.63) is 99.7 Å². The van der Waals surface area contributed by atoms with Crippen LogP contribution in [-0.2, 0) is 9.53 Å². The highest BCUT2D eigenvalue weighted by Gasteiger charge is 2.11. The van der Waals surface area contributed by atoms with Gasteiger partial charge in [0.1, 0.15) is 11.5 Å². The molecule has 0 amide bonds. The highest BCUT2D eigenvalue weighted by atomic mass is 19.1. The van der Waals surface area contributed by atoms with E-state index in [0.717, 1.165) is 29.9 Å². The van der Waals surface area contributed by atoms with E-state index in [1.807, 2.05) is 32.9 Å². The minimum absolute atomic E-state index is 0.133. The van der Waals surface area contributed by atoms with Crippen LogP contribution >= 0.6 is 0 Å². The molecule has 43 heavy (non-hydrogen) atoms. The fourth-order valence-electron chi connectivity index (χ4n) is 3.98. The molecule has 2 aromatic rings. The number of ether oxygens (including phenoxy) is 1. The molecule has 2 aromatic carbocycles. The molecule has 0 saturated carbocycles. The summed E-state index contributed by atoms with van der Waals surface area (Å²) in [4.78, 5) is 18.6. The van der Waals surface area contributed by atoms with E-state index in [1.54, 1.807) is 32.2 Å². The Hall–Kier alpha value is -3.35. The summed E-state index contributed by atoms with van der Waals surface area (Å²) in [6.07, 6.45) is 7.75. The molecular formula is C37H56FN3O2. The quantitative estimate of drug-likeness (QED) is 0.122. The van der Waals surface area contributed by atoms with Gasteiger partial charge in [-0.15, -0.1) is 0 Å². The molecule has 0 fully saturated rings. The van der Waals surface area contributed by atoms with Gasteiger partial charge in [-0.2, -0.15) is 0 Å². The number of rotatable bonds is 11. The molecule has 6 heteroatoms. The predicted molar refractivity (Wildman–Crippen MR) is 184 cm³/mol. The van der Waals surface area contributed by atoms with E-state index in [9.17, 15) is 9.18 Å². The first-order valence-corrected chi connectivity index (χ1v) is 15.0. The van der Waals surface area contributed by atoms with E-state index in [2.05, 4.69) is 69.9 Å². The van der Waals surface area contributed by atoms with Crippen LogP contribution in [0.4, 0.5) is 4.39 Å². The monoisotopic (exact) mass is 593 g/mol. The third-order valence-electron chi connectivity index (χ3n) is 6.93. The van der Waals surface area contributed by atoms with E-state index in [-0.39, 0.29) is 11.6 Å². The number of carbonyl (C=O) groups is 1. The third-order valence-corrected chi connectivity index (χ3v) is 6.93. The van der Waals surface area contributed by atoms with Gasteiger partial charge in [0, 0.05) is 12.6 Å². The predicted octanol–water partition coefficient (Wildman–Crippen LogP) is 8.74. The molecule has 0 aliphatic heterocycles. The zero-order valence-electron chi connectivity index (χ0n) is 28.8. The fourth-order valence-corrected chi connectivity index (χ4v) is 3.98. The average Bonchev–Trinajstić information content (AvgIpc) is 2.94. The first-order chi connectivity index (χ1) is 20.2.